The van der Waals surface area contributed by atoms with E-state index >= 15 is 0 Å². The maximum Gasteiger partial charge on any atom is 0.244 e. The van der Waals surface area contributed by atoms with Crippen LogP contribution in [0.2, 0.25) is 0 Å². The number of hydrogen-bond acceptors (Lipinski definition) is 4. The average molecular weight is 299 g/mol. The van der Waals surface area contributed by atoms with Gasteiger partial charge in [-0.25, -0.2) is 0 Å². The maximum atomic E-state index is 12.4. The molecule has 2 aromatic rings. The van der Waals surface area contributed by atoms with E-state index in [0.717, 1.165) is 22.6 Å². The number of nitrogens with zero attached hydrogens (tertiary/aromatic N) is 3. The fourth-order valence-electron chi connectivity index (χ4n) is 2.95. The van der Waals surface area contributed by atoms with Crippen LogP contribution in [0.1, 0.15) is 5.56 Å². The highest BCUT2D eigenvalue weighted by atomic mass is 16.5. The van der Waals surface area contributed by atoms with Gasteiger partial charge in [-0.2, -0.15) is 5.10 Å². The molecule has 0 bridgehead atoms. The summed E-state index contributed by atoms with van der Waals surface area (Å²) in [7, 11) is 0. The van der Waals surface area contributed by atoms with Gasteiger partial charge < -0.3 is 14.4 Å². The summed E-state index contributed by atoms with van der Waals surface area (Å²) in [6, 6.07) is 7.87. The monoisotopic (exact) mass is 299 g/mol. The summed E-state index contributed by atoms with van der Waals surface area (Å²) in [6.45, 7) is 3.28. The molecule has 1 aromatic heterocycles. The van der Waals surface area contributed by atoms with Crippen LogP contribution in [0, 0.1) is 0 Å². The van der Waals surface area contributed by atoms with E-state index in [4.69, 9.17) is 9.47 Å². The molecule has 0 aliphatic carbocycles. The quantitative estimate of drug-likeness (QED) is 0.839. The number of aromatic nitrogens is 2. The van der Waals surface area contributed by atoms with Gasteiger partial charge in [0.05, 0.1) is 25.1 Å². The first-order valence-electron chi connectivity index (χ1n) is 7.45. The molecule has 2 aliphatic rings. The Kier molecular flexibility index (Phi) is 3.31. The second-order valence-corrected chi connectivity index (χ2v) is 5.45. The Morgan fingerprint density at radius 1 is 1.23 bits per heavy atom. The van der Waals surface area contributed by atoms with Crippen LogP contribution in [-0.4, -0.2) is 46.9 Å². The summed E-state index contributed by atoms with van der Waals surface area (Å²) in [5.74, 6) is 0.925. The maximum absolute atomic E-state index is 12.4. The standard InChI is InChI=1S/C16H17N3O3/c20-15(18-5-7-21-8-6-18)10-19-16-12(9-17-19)11-22-14-4-2-1-3-13(14)16/h1-4,9H,5-8,10-11H2. The van der Waals surface area contributed by atoms with Gasteiger partial charge in [0, 0.05) is 24.2 Å². The predicted octanol–water partition coefficient (Wildman–Crippen LogP) is 1.30. The molecule has 2 aliphatic heterocycles. The molecular formula is C16H17N3O3. The van der Waals surface area contributed by atoms with Crippen LogP contribution >= 0.6 is 0 Å². The zero-order chi connectivity index (χ0) is 14.9. The Morgan fingerprint density at radius 3 is 2.91 bits per heavy atom. The van der Waals surface area contributed by atoms with E-state index < -0.39 is 0 Å². The molecule has 1 fully saturated rings. The largest absolute Gasteiger partial charge is 0.488 e. The van der Waals surface area contributed by atoms with Crippen LogP contribution in [0.5, 0.6) is 5.75 Å². The number of fused-ring (bicyclic) bond motifs is 3. The number of ether oxygens (including phenoxy) is 2. The fraction of sp³-hybridized carbons (Fsp3) is 0.375. The van der Waals surface area contributed by atoms with E-state index in [1.54, 1.807) is 10.9 Å². The third kappa shape index (κ3) is 2.25. The average Bonchev–Trinajstić information content (AvgIpc) is 2.99. The van der Waals surface area contributed by atoms with Gasteiger partial charge >= 0.3 is 0 Å². The normalized spacial score (nSPS) is 16.6. The van der Waals surface area contributed by atoms with Crippen molar-refractivity contribution >= 4 is 5.91 Å². The molecule has 22 heavy (non-hydrogen) atoms. The van der Waals surface area contributed by atoms with Crippen molar-refractivity contribution in [2.45, 2.75) is 13.2 Å². The molecule has 1 aromatic carbocycles. The van der Waals surface area contributed by atoms with Crippen LogP contribution < -0.4 is 4.74 Å². The Hall–Kier alpha value is -2.34. The van der Waals surface area contributed by atoms with E-state index in [1.165, 1.54) is 0 Å². The van der Waals surface area contributed by atoms with Gasteiger partial charge in [0.2, 0.25) is 5.91 Å². The lowest BCUT2D eigenvalue weighted by molar-refractivity contribution is -0.136. The number of rotatable bonds is 2. The van der Waals surface area contributed by atoms with Crippen molar-refractivity contribution in [2.75, 3.05) is 26.3 Å². The van der Waals surface area contributed by atoms with Gasteiger partial charge in [0.15, 0.2) is 0 Å². The smallest absolute Gasteiger partial charge is 0.244 e. The summed E-state index contributed by atoms with van der Waals surface area (Å²) >= 11 is 0. The predicted molar refractivity (Wildman–Crippen MR) is 79.4 cm³/mol. The molecule has 1 amide bonds. The summed E-state index contributed by atoms with van der Waals surface area (Å²) in [5.41, 5.74) is 3.01. The van der Waals surface area contributed by atoms with Gasteiger partial charge in [-0.15, -0.1) is 0 Å². The summed E-state index contributed by atoms with van der Waals surface area (Å²) in [6.07, 6.45) is 1.79. The number of benzene rings is 1. The highest BCUT2D eigenvalue weighted by Gasteiger charge is 2.24. The minimum absolute atomic E-state index is 0.0816. The highest BCUT2D eigenvalue weighted by Crippen LogP contribution is 2.36. The second kappa shape index (κ2) is 5.46. The zero-order valence-electron chi connectivity index (χ0n) is 12.2. The number of carbonyl (C=O) groups excluding carboxylic acids is 1. The lowest BCUT2D eigenvalue weighted by Crippen LogP contribution is -2.42. The minimum atomic E-state index is 0.0816. The molecule has 6 nitrogen and oxygen atoms in total. The van der Waals surface area contributed by atoms with Crippen molar-refractivity contribution in [1.82, 2.24) is 14.7 Å². The molecule has 0 N–H and O–H groups in total. The third-order valence-electron chi connectivity index (χ3n) is 4.09. The van der Waals surface area contributed by atoms with Crippen molar-refractivity contribution in [2.24, 2.45) is 0 Å². The number of morpholine rings is 1. The van der Waals surface area contributed by atoms with Crippen LogP contribution in [-0.2, 0) is 22.7 Å². The second-order valence-electron chi connectivity index (χ2n) is 5.45. The van der Waals surface area contributed by atoms with Crippen LogP contribution in [0.3, 0.4) is 0 Å². The number of hydrogen-bond donors (Lipinski definition) is 0. The van der Waals surface area contributed by atoms with Gasteiger partial charge in [-0.05, 0) is 12.1 Å². The van der Waals surface area contributed by atoms with Crippen molar-refractivity contribution in [3.05, 3.63) is 36.0 Å². The van der Waals surface area contributed by atoms with E-state index in [2.05, 4.69) is 5.10 Å². The number of para-hydroxylation sites is 1. The number of amides is 1. The first kappa shape index (κ1) is 13.3. The zero-order valence-corrected chi connectivity index (χ0v) is 12.2. The summed E-state index contributed by atoms with van der Waals surface area (Å²) in [5, 5.41) is 4.39. The van der Waals surface area contributed by atoms with Crippen molar-refractivity contribution < 1.29 is 14.3 Å². The molecule has 3 heterocycles. The molecule has 4 rings (SSSR count). The first-order valence-corrected chi connectivity index (χ1v) is 7.45. The van der Waals surface area contributed by atoms with Crippen LogP contribution in [0.4, 0.5) is 0 Å². The minimum Gasteiger partial charge on any atom is -0.488 e. The summed E-state index contributed by atoms with van der Waals surface area (Å²) < 4.78 is 12.8. The Labute approximate surface area is 128 Å². The first-order chi connectivity index (χ1) is 10.8. The van der Waals surface area contributed by atoms with Gasteiger partial charge in [0.1, 0.15) is 18.9 Å². The molecule has 0 radical (unpaired) electrons. The Morgan fingerprint density at radius 2 is 2.05 bits per heavy atom. The highest BCUT2D eigenvalue weighted by molar-refractivity contribution is 5.78. The van der Waals surface area contributed by atoms with Gasteiger partial charge in [-0.1, -0.05) is 12.1 Å². The van der Waals surface area contributed by atoms with E-state index in [0.29, 0.717) is 32.9 Å². The van der Waals surface area contributed by atoms with Gasteiger partial charge in [-0.3, -0.25) is 9.48 Å². The lowest BCUT2D eigenvalue weighted by Gasteiger charge is -2.27. The number of carbonyl (C=O) groups is 1. The van der Waals surface area contributed by atoms with Crippen molar-refractivity contribution in [3.8, 4) is 17.0 Å². The summed E-state index contributed by atoms with van der Waals surface area (Å²) in [4.78, 5) is 14.3. The van der Waals surface area contributed by atoms with Gasteiger partial charge in [0.25, 0.3) is 0 Å². The molecule has 0 unspecified atom stereocenters. The topological polar surface area (TPSA) is 56.6 Å². The van der Waals surface area contributed by atoms with E-state index in [-0.39, 0.29) is 12.5 Å². The molecule has 0 saturated carbocycles. The third-order valence-corrected chi connectivity index (χ3v) is 4.09. The lowest BCUT2D eigenvalue weighted by atomic mass is 10.0. The fourth-order valence-corrected chi connectivity index (χ4v) is 2.95. The SMILES string of the molecule is O=C(Cn1ncc2c1-c1ccccc1OC2)N1CCOCC1. The molecule has 1 saturated heterocycles. The molecular weight excluding hydrogens is 282 g/mol. The Bertz CT molecular complexity index is 704. The van der Waals surface area contributed by atoms with Crippen LogP contribution in [0.15, 0.2) is 30.5 Å². The van der Waals surface area contributed by atoms with Crippen molar-refractivity contribution in [1.29, 1.82) is 0 Å². The Balaban J connectivity index is 1.62. The molecule has 6 heteroatoms. The molecule has 0 atom stereocenters. The van der Waals surface area contributed by atoms with E-state index in [1.807, 2.05) is 29.2 Å². The van der Waals surface area contributed by atoms with Crippen molar-refractivity contribution in [3.63, 3.8) is 0 Å². The van der Waals surface area contributed by atoms with E-state index in [9.17, 15) is 4.79 Å². The molecule has 0 spiro atoms. The molecule has 114 valence electrons. The van der Waals surface area contributed by atoms with Crippen LogP contribution in [0.25, 0.3) is 11.3 Å².